The van der Waals surface area contributed by atoms with E-state index < -0.39 is 0 Å². The molecule has 4 N–H and O–H groups in total. The Morgan fingerprint density at radius 3 is 2.95 bits per heavy atom. The van der Waals surface area contributed by atoms with Crippen molar-refractivity contribution in [3.63, 3.8) is 0 Å². The van der Waals surface area contributed by atoms with Crippen LogP contribution in [0.1, 0.15) is 24.4 Å². The standard InChI is InChI=1S/C14H19N3O2/c1-16-14(9-4-10(15)5-9)8-2-3-12-11(6-8)17-13(18)7-19-12/h2-3,6,9-10,14,16H,4-5,7,15H2,1H3,(H,17,18). The van der Waals surface area contributed by atoms with Gasteiger partial charge in [-0.15, -0.1) is 0 Å². The Labute approximate surface area is 112 Å². The van der Waals surface area contributed by atoms with Crippen LogP contribution in [0.2, 0.25) is 0 Å². The third kappa shape index (κ3) is 2.31. The van der Waals surface area contributed by atoms with Gasteiger partial charge in [-0.1, -0.05) is 6.07 Å². The summed E-state index contributed by atoms with van der Waals surface area (Å²) in [6.07, 6.45) is 2.09. The van der Waals surface area contributed by atoms with E-state index in [9.17, 15) is 4.79 Å². The summed E-state index contributed by atoms with van der Waals surface area (Å²) in [7, 11) is 1.96. The van der Waals surface area contributed by atoms with Crippen molar-refractivity contribution in [3.8, 4) is 5.75 Å². The quantitative estimate of drug-likeness (QED) is 0.759. The number of carbonyl (C=O) groups excluding carboxylic acids is 1. The number of nitrogens with two attached hydrogens (primary N) is 1. The zero-order valence-electron chi connectivity index (χ0n) is 11.0. The first-order valence-electron chi connectivity index (χ1n) is 6.67. The number of benzene rings is 1. The Morgan fingerprint density at radius 1 is 1.47 bits per heavy atom. The lowest BCUT2D eigenvalue weighted by Crippen LogP contribution is -2.42. The molecule has 1 aromatic rings. The molecule has 102 valence electrons. The van der Waals surface area contributed by atoms with E-state index in [4.69, 9.17) is 10.5 Å². The first-order chi connectivity index (χ1) is 9.17. The lowest BCUT2D eigenvalue weighted by Gasteiger charge is -2.39. The van der Waals surface area contributed by atoms with E-state index in [-0.39, 0.29) is 18.6 Å². The monoisotopic (exact) mass is 261 g/mol. The van der Waals surface area contributed by atoms with Gasteiger partial charge in [0.2, 0.25) is 0 Å². The molecule has 0 bridgehead atoms. The number of hydrogen-bond donors (Lipinski definition) is 3. The van der Waals surface area contributed by atoms with Gasteiger partial charge in [0, 0.05) is 12.1 Å². The number of fused-ring (bicyclic) bond motifs is 1. The largest absolute Gasteiger partial charge is 0.482 e. The average molecular weight is 261 g/mol. The van der Waals surface area contributed by atoms with Crippen LogP contribution in [0.4, 0.5) is 5.69 Å². The molecule has 5 nitrogen and oxygen atoms in total. The molecule has 5 heteroatoms. The molecular formula is C14H19N3O2. The van der Waals surface area contributed by atoms with Crippen LogP contribution in [0.5, 0.6) is 5.75 Å². The number of nitrogens with one attached hydrogen (secondary N) is 2. The fourth-order valence-corrected chi connectivity index (χ4v) is 2.95. The second-order valence-corrected chi connectivity index (χ2v) is 5.35. The maximum Gasteiger partial charge on any atom is 0.262 e. The highest BCUT2D eigenvalue weighted by Crippen LogP contribution is 2.39. The predicted octanol–water partition coefficient (Wildman–Crippen LogP) is 1.02. The second-order valence-electron chi connectivity index (χ2n) is 5.35. The zero-order valence-corrected chi connectivity index (χ0v) is 11.0. The van der Waals surface area contributed by atoms with Gasteiger partial charge in [-0.2, -0.15) is 0 Å². The minimum absolute atomic E-state index is 0.0965. The zero-order chi connectivity index (χ0) is 13.4. The van der Waals surface area contributed by atoms with Gasteiger partial charge in [-0.25, -0.2) is 0 Å². The van der Waals surface area contributed by atoms with Crippen molar-refractivity contribution in [2.45, 2.75) is 24.9 Å². The van der Waals surface area contributed by atoms with Crippen molar-refractivity contribution >= 4 is 11.6 Å². The SMILES string of the molecule is CNC(c1ccc2c(c1)NC(=O)CO2)C1CC(N)C1. The van der Waals surface area contributed by atoms with Crippen LogP contribution in [0.25, 0.3) is 0 Å². The van der Waals surface area contributed by atoms with E-state index in [1.165, 1.54) is 5.56 Å². The number of rotatable bonds is 3. The molecule has 19 heavy (non-hydrogen) atoms. The summed E-state index contributed by atoms with van der Waals surface area (Å²) >= 11 is 0. The van der Waals surface area contributed by atoms with E-state index >= 15 is 0 Å². The molecule has 1 amide bonds. The molecule has 1 aliphatic heterocycles. The molecule has 0 aromatic heterocycles. The normalized spacial score (nSPS) is 26.7. The van der Waals surface area contributed by atoms with Crippen LogP contribution in [-0.4, -0.2) is 25.6 Å². The topological polar surface area (TPSA) is 76.4 Å². The third-order valence-corrected chi connectivity index (χ3v) is 3.99. The van der Waals surface area contributed by atoms with Gasteiger partial charge in [0.05, 0.1) is 5.69 Å². The number of anilines is 1. The van der Waals surface area contributed by atoms with Crippen molar-refractivity contribution in [2.75, 3.05) is 19.0 Å². The number of ether oxygens (including phenoxy) is 1. The van der Waals surface area contributed by atoms with Crippen LogP contribution in [-0.2, 0) is 4.79 Å². The molecule has 1 fully saturated rings. The van der Waals surface area contributed by atoms with Gasteiger partial charge in [-0.05, 0) is 43.5 Å². The molecule has 1 aliphatic carbocycles. The van der Waals surface area contributed by atoms with Crippen molar-refractivity contribution in [1.29, 1.82) is 0 Å². The van der Waals surface area contributed by atoms with Crippen molar-refractivity contribution < 1.29 is 9.53 Å². The Balaban J connectivity index is 1.84. The van der Waals surface area contributed by atoms with E-state index in [2.05, 4.69) is 16.7 Å². The predicted molar refractivity (Wildman–Crippen MR) is 73.1 cm³/mol. The van der Waals surface area contributed by atoms with Gasteiger partial charge >= 0.3 is 0 Å². The van der Waals surface area contributed by atoms with Crippen molar-refractivity contribution in [2.24, 2.45) is 11.7 Å². The summed E-state index contributed by atoms with van der Waals surface area (Å²) in [5.74, 6) is 1.21. The fraction of sp³-hybridized carbons (Fsp3) is 0.500. The van der Waals surface area contributed by atoms with Crippen LogP contribution in [0, 0.1) is 5.92 Å². The van der Waals surface area contributed by atoms with Gasteiger partial charge in [0.1, 0.15) is 5.75 Å². The van der Waals surface area contributed by atoms with E-state index in [0.717, 1.165) is 24.3 Å². The summed E-state index contributed by atoms with van der Waals surface area (Å²) in [6, 6.07) is 6.59. The molecule has 1 atom stereocenters. The highest BCUT2D eigenvalue weighted by atomic mass is 16.5. The van der Waals surface area contributed by atoms with Gasteiger partial charge in [0.25, 0.3) is 5.91 Å². The lowest BCUT2D eigenvalue weighted by molar-refractivity contribution is -0.118. The molecule has 3 rings (SSSR count). The minimum Gasteiger partial charge on any atom is -0.482 e. The highest BCUT2D eigenvalue weighted by molar-refractivity contribution is 5.95. The summed E-state index contributed by atoms with van der Waals surface area (Å²) in [5.41, 5.74) is 7.80. The maximum atomic E-state index is 11.4. The number of hydrogen-bond acceptors (Lipinski definition) is 4. The minimum atomic E-state index is -0.101. The molecule has 0 saturated heterocycles. The first kappa shape index (κ1) is 12.4. The lowest BCUT2D eigenvalue weighted by atomic mass is 9.74. The smallest absolute Gasteiger partial charge is 0.262 e. The van der Waals surface area contributed by atoms with Crippen LogP contribution in [0.3, 0.4) is 0 Å². The Kier molecular flexibility index (Phi) is 3.16. The third-order valence-electron chi connectivity index (χ3n) is 3.99. The van der Waals surface area contributed by atoms with E-state index in [1.54, 1.807) is 0 Å². The molecular weight excluding hydrogens is 242 g/mol. The van der Waals surface area contributed by atoms with Crippen LogP contribution in [0.15, 0.2) is 18.2 Å². The number of amides is 1. The molecule has 1 unspecified atom stereocenters. The van der Waals surface area contributed by atoms with Crippen LogP contribution < -0.4 is 21.1 Å². The maximum absolute atomic E-state index is 11.4. The van der Waals surface area contributed by atoms with E-state index in [1.807, 2.05) is 19.2 Å². The van der Waals surface area contributed by atoms with Crippen molar-refractivity contribution in [1.82, 2.24) is 5.32 Å². The second kappa shape index (κ2) is 4.83. The van der Waals surface area contributed by atoms with Crippen molar-refractivity contribution in [3.05, 3.63) is 23.8 Å². The molecule has 1 aromatic carbocycles. The summed E-state index contributed by atoms with van der Waals surface area (Å²) in [4.78, 5) is 11.4. The van der Waals surface area contributed by atoms with Crippen LogP contribution >= 0.6 is 0 Å². The molecule has 0 radical (unpaired) electrons. The molecule has 1 heterocycles. The Morgan fingerprint density at radius 2 is 2.26 bits per heavy atom. The molecule has 0 spiro atoms. The van der Waals surface area contributed by atoms with Gasteiger partial charge in [0.15, 0.2) is 6.61 Å². The average Bonchev–Trinajstić information content (AvgIpc) is 2.37. The Bertz CT molecular complexity index is 497. The summed E-state index contributed by atoms with van der Waals surface area (Å²) in [6.45, 7) is 0.0965. The highest BCUT2D eigenvalue weighted by Gasteiger charge is 2.33. The number of carbonyl (C=O) groups is 1. The molecule has 1 saturated carbocycles. The first-order valence-corrected chi connectivity index (χ1v) is 6.67. The van der Waals surface area contributed by atoms with Gasteiger partial charge < -0.3 is 21.1 Å². The van der Waals surface area contributed by atoms with Gasteiger partial charge in [-0.3, -0.25) is 4.79 Å². The Hall–Kier alpha value is -1.59. The molecule has 2 aliphatic rings. The van der Waals surface area contributed by atoms with E-state index in [0.29, 0.717) is 12.0 Å². The summed E-state index contributed by atoms with van der Waals surface area (Å²) in [5, 5.41) is 6.20. The summed E-state index contributed by atoms with van der Waals surface area (Å²) < 4.78 is 5.37. The fourth-order valence-electron chi connectivity index (χ4n) is 2.95.